The second-order valence-corrected chi connectivity index (χ2v) is 7.11. The molecule has 0 spiro atoms. The molecule has 2 N–H and O–H groups in total. The van der Waals surface area contributed by atoms with E-state index in [2.05, 4.69) is 15.5 Å². The fourth-order valence-electron chi connectivity index (χ4n) is 3.32. The molecule has 2 aliphatic heterocycles. The van der Waals surface area contributed by atoms with Gasteiger partial charge in [-0.2, -0.15) is 0 Å². The largest absolute Gasteiger partial charge is 0.379 e. The van der Waals surface area contributed by atoms with E-state index in [0.29, 0.717) is 36.3 Å². The molecular formula is C17H25Cl4N3O2. The first kappa shape index (κ1) is 23.8. The van der Waals surface area contributed by atoms with Crippen LogP contribution in [0.15, 0.2) is 18.2 Å². The fraction of sp³-hybridized carbons (Fsp3) is 0.588. The van der Waals surface area contributed by atoms with Gasteiger partial charge >= 0.3 is 0 Å². The molecule has 2 atom stereocenters. The fourth-order valence-corrected chi connectivity index (χ4v) is 3.83. The van der Waals surface area contributed by atoms with Gasteiger partial charge in [-0.25, -0.2) is 0 Å². The monoisotopic (exact) mass is 443 g/mol. The van der Waals surface area contributed by atoms with E-state index in [1.165, 1.54) is 0 Å². The minimum Gasteiger partial charge on any atom is -0.379 e. The van der Waals surface area contributed by atoms with E-state index in [1.807, 2.05) is 6.07 Å². The standard InChI is InChI=1S/C17H23Cl2N3O2.2ClH/c18-12-3-4-14(15(19)10-12)16(22-6-8-24-9-7-22)17(23)21-13-2-1-5-20-11-13;;/h3-4,10,13,16,20H,1-2,5-9,11H2,(H,21,23);2*1H/t13-,16?;;/m0../s1. The lowest BCUT2D eigenvalue weighted by molar-refractivity contribution is -0.129. The molecule has 2 saturated heterocycles. The number of ether oxygens (including phenoxy) is 1. The number of carbonyl (C=O) groups is 1. The zero-order valence-corrected chi connectivity index (χ0v) is 17.5. The Bertz CT molecular complexity index is 579. The molecule has 0 aliphatic carbocycles. The van der Waals surface area contributed by atoms with Gasteiger partial charge in [0.15, 0.2) is 0 Å². The first-order valence-corrected chi connectivity index (χ1v) is 9.18. The van der Waals surface area contributed by atoms with Gasteiger partial charge in [0, 0.05) is 35.7 Å². The highest BCUT2D eigenvalue weighted by Crippen LogP contribution is 2.31. The normalized spacial score (nSPS) is 21.8. The van der Waals surface area contributed by atoms with Gasteiger partial charge in [-0.05, 0) is 37.1 Å². The summed E-state index contributed by atoms with van der Waals surface area (Å²) < 4.78 is 5.43. The van der Waals surface area contributed by atoms with Gasteiger partial charge < -0.3 is 15.4 Å². The molecule has 0 saturated carbocycles. The van der Waals surface area contributed by atoms with Gasteiger partial charge in [0.1, 0.15) is 6.04 Å². The van der Waals surface area contributed by atoms with Crippen LogP contribution in [-0.2, 0) is 9.53 Å². The lowest BCUT2D eigenvalue weighted by Gasteiger charge is -2.35. The van der Waals surface area contributed by atoms with Crippen molar-refractivity contribution < 1.29 is 9.53 Å². The second kappa shape index (κ2) is 11.5. The summed E-state index contributed by atoms with van der Waals surface area (Å²) in [4.78, 5) is 15.2. The van der Waals surface area contributed by atoms with E-state index in [4.69, 9.17) is 27.9 Å². The van der Waals surface area contributed by atoms with Gasteiger partial charge in [-0.15, -0.1) is 24.8 Å². The number of morpholine rings is 1. The molecule has 3 rings (SSSR count). The maximum Gasteiger partial charge on any atom is 0.242 e. The van der Waals surface area contributed by atoms with Crippen molar-refractivity contribution in [3.63, 3.8) is 0 Å². The number of hydrogen-bond donors (Lipinski definition) is 2. The molecule has 5 nitrogen and oxygen atoms in total. The van der Waals surface area contributed by atoms with Crippen molar-refractivity contribution in [2.75, 3.05) is 39.4 Å². The van der Waals surface area contributed by atoms with Crippen molar-refractivity contribution in [1.82, 2.24) is 15.5 Å². The summed E-state index contributed by atoms with van der Waals surface area (Å²) in [5, 5.41) is 7.60. The zero-order chi connectivity index (χ0) is 16.9. The average Bonchev–Trinajstić information content (AvgIpc) is 2.59. The first-order chi connectivity index (χ1) is 11.6. The summed E-state index contributed by atoms with van der Waals surface area (Å²) in [5.74, 6) is -0.00479. The lowest BCUT2D eigenvalue weighted by atomic mass is 10.0. The van der Waals surface area contributed by atoms with Crippen LogP contribution in [-0.4, -0.2) is 56.2 Å². The van der Waals surface area contributed by atoms with Crippen LogP contribution in [0.1, 0.15) is 24.4 Å². The number of nitrogens with one attached hydrogen (secondary N) is 2. The van der Waals surface area contributed by atoms with Gasteiger partial charge in [-0.1, -0.05) is 29.3 Å². The van der Waals surface area contributed by atoms with Crippen LogP contribution in [0.5, 0.6) is 0 Å². The van der Waals surface area contributed by atoms with E-state index in [9.17, 15) is 4.79 Å². The van der Waals surface area contributed by atoms with E-state index < -0.39 is 6.04 Å². The molecule has 0 aromatic heterocycles. The highest BCUT2D eigenvalue weighted by molar-refractivity contribution is 6.35. The molecule has 2 aliphatic rings. The van der Waals surface area contributed by atoms with E-state index in [-0.39, 0.29) is 36.8 Å². The molecule has 1 aromatic rings. The van der Waals surface area contributed by atoms with Gasteiger partial charge in [-0.3, -0.25) is 9.69 Å². The molecule has 148 valence electrons. The molecule has 0 radical (unpaired) electrons. The first-order valence-electron chi connectivity index (χ1n) is 8.43. The average molecular weight is 445 g/mol. The number of carbonyl (C=O) groups excluding carboxylic acids is 1. The molecule has 0 bridgehead atoms. The van der Waals surface area contributed by atoms with Gasteiger partial charge in [0.2, 0.25) is 5.91 Å². The van der Waals surface area contributed by atoms with Crippen molar-refractivity contribution in [3.05, 3.63) is 33.8 Å². The molecule has 26 heavy (non-hydrogen) atoms. The highest BCUT2D eigenvalue weighted by Gasteiger charge is 2.32. The number of hydrogen-bond acceptors (Lipinski definition) is 4. The van der Waals surface area contributed by atoms with Crippen molar-refractivity contribution in [2.24, 2.45) is 0 Å². The Morgan fingerprint density at radius 1 is 1.27 bits per heavy atom. The predicted molar refractivity (Wildman–Crippen MR) is 110 cm³/mol. The van der Waals surface area contributed by atoms with Crippen LogP contribution in [0.2, 0.25) is 10.0 Å². The van der Waals surface area contributed by atoms with E-state index >= 15 is 0 Å². The SMILES string of the molecule is Cl.Cl.O=C(N[C@H]1CCCNC1)C(c1ccc(Cl)cc1Cl)N1CCOCC1. The van der Waals surface area contributed by atoms with Crippen molar-refractivity contribution in [3.8, 4) is 0 Å². The number of benzene rings is 1. The number of halogens is 4. The Labute approximate surface area is 176 Å². The maximum atomic E-state index is 13.0. The van der Waals surface area contributed by atoms with E-state index in [0.717, 1.165) is 31.5 Å². The number of nitrogens with zero attached hydrogens (tertiary/aromatic N) is 1. The van der Waals surface area contributed by atoms with Crippen LogP contribution < -0.4 is 10.6 Å². The predicted octanol–water partition coefficient (Wildman–Crippen LogP) is 3.08. The molecule has 1 unspecified atom stereocenters. The van der Waals surface area contributed by atoms with Crippen LogP contribution >= 0.6 is 48.0 Å². The quantitative estimate of drug-likeness (QED) is 0.749. The Balaban J connectivity index is 0.00000169. The minimum absolute atomic E-state index is 0. The summed E-state index contributed by atoms with van der Waals surface area (Å²) in [6, 6.07) is 5.08. The lowest BCUT2D eigenvalue weighted by Crippen LogP contribution is -2.51. The number of rotatable bonds is 4. The minimum atomic E-state index is -0.416. The third kappa shape index (κ3) is 6.13. The highest BCUT2D eigenvalue weighted by atomic mass is 35.5. The van der Waals surface area contributed by atoms with Gasteiger partial charge in [0.25, 0.3) is 0 Å². The van der Waals surface area contributed by atoms with Crippen molar-refractivity contribution >= 4 is 53.9 Å². The smallest absolute Gasteiger partial charge is 0.242 e. The number of amides is 1. The Hall–Kier alpha value is -0.270. The topological polar surface area (TPSA) is 53.6 Å². The Morgan fingerprint density at radius 2 is 2.00 bits per heavy atom. The summed E-state index contributed by atoms with van der Waals surface area (Å²) in [5.41, 5.74) is 0.796. The molecule has 2 heterocycles. The number of piperidine rings is 1. The molecule has 1 amide bonds. The summed E-state index contributed by atoms with van der Waals surface area (Å²) >= 11 is 12.4. The summed E-state index contributed by atoms with van der Waals surface area (Å²) in [7, 11) is 0. The van der Waals surface area contributed by atoms with Crippen molar-refractivity contribution in [1.29, 1.82) is 0 Å². The zero-order valence-electron chi connectivity index (χ0n) is 14.4. The summed E-state index contributed by atoms with van der Waals surface area (Å²) in [6.45, 7) is 4.50. The van der Waals surface area contributed by atoms with Crippen molar-refractivity contribution in [2.45, 2.75) is 24.9 Å². The third-order valence-electron chi connectivity index (χ3n) is 4.56. The van der Waals surface area contributed by atoms with Gasteiger partial charge in [0.05, 0.1) is 13.2 Å². The third-order valence-corrected chi connectivity index (χ3v) is 5.12. The molecular weight excluding hydrogens is 420 g/mol. The molecule has 9 heteroatoms. The molecule has 1 aromatic carbocycles. The Morgan fingerprint density at radius 3 is 2.62 bits per heavy atom. The van der Waals surface area contributed by atoms with Crippen LogP contribution in [0.3, 0.4) is 0 Å². The Kier molecular flexibility index (Phi) is 10.6. The molecule has 2 fully saturated rings. The van der Waals surface area contributed by atoms with Crippen LogP contribution in [0.4, 0.5) is 0 Å². The maximum absolute atomic E-state index is 13.0. The van der Waals surface area contributed by atoms with Crippen LogP contribution in [0.25, 0.3) is 0 Å². The van der Waals surface area contributed by atoms with E-state index in [1.54, 1.807) is 12.1 Å². The van der Waals surface area contributed by atoms with Crippen LogP contribution in [0, 0.1) is 0 Å². The summed E-state index contributed by atoms with van der Waals surface area (Å²) in [6.07, 6.45) is 2.08. The second-order valence-electron chi connectivity index (χ2n) is 6.27.